The second-order valence-electron chi connectivity index (χ2n) is 2.23. The van der Waals surface area contributed by atoms with E-state index in [4.69, 9.17) is 5.84 Å². The van der Waals surface area contributed by atoms with Crippen LogP contribution in [-0.4, -0.2) is 5.91 Å². The van der Waals surface area contributed by atoms with Crippen LogP contribution in [0.25, 0.3) is 0 Å². The van der Waals surface area contributed by atoms with Crippen molar-refractivity contribution in [1.82, 2.24) is 5.43 Å². The molecule has 0 unspecified atom stereocenters. The van der Waals surface area contributed by atoms with Crippen molar-refractivity contribution in [3.63, 3.8) is 0 Å². The molecule has 0 aliphatic heterocycles. The summed E-state index contributed by atoms with van der Waals surface area (Å²) < 4.78 is 1.78. The normalized spacial score (nSPS) is 9.27. The topological polar surface area (TPSA) is 59.0 Å². The van der Waals surface area contributed by atoms with E-state index in [1.165, 1.54) is 0 Å². The molecular formula is C7H10N3O+. The summed E-state index contributed by atoms with van der Waals surface area (Å²) in [6.07, 6.45) is 3.54. The van der Waals surface area contributed by atoms with Gasteiger partial charge >= 0.3 is 0 Å². The van der Waals surface area contributed by atoms with Crippen molar-refractivity contribution in [2.45, 2.75) is 0 Å². The SMILES string of the molecule is C[n+]1cccc(C(=O)NN)c1. The Morgan fingerprint density at radius 1 is 1.73 bits per heavy atom. The van der Waals surface area contributed by atoms with Crippen molar-refractivity contribution in [2.24, 2.45) is 12.9 Å². The van der Waals surface area contributed by atoms with E-state index in [1.54, 1.807) is 22.9 Å². The summed E-state index contributed by atoms with van der Waals surface area (Å²) in [5.74, 6) is 4.67. The number of hydrazine groups is 1. The molecule has 1 amide bonds. The maximum absolute atomic E-state index is 10.9. The highest BCUT2D eigenvalue weighted by molar-refractivity contribution is 5.93. The van der Waals surface area contributed by atoms with Crippen molar-refractivity contribution in [1.29, 1.82) is 0 Å². The van der Waals surface area contributed by atoms with Crippen LogP contribution in [0.15, 0.2) is 24.5 Å². The number of pyridine rings is 1. The van der Waals surface area contributed by atoms with E-state index in [2.05, 4.69) is 5.43 Å². The van der Waals surface area contributed by atoms with Gasteiger partial charge in [-0.3, -0.25) is 10.2 Å². The minimum Gasteiger partial charge on any atom is -0.290 e. The molecule has 0 saturated heterocycles. The first-order valence-corrected chi connectivity index (χ1v) is 3.20. The van der Waals surface area contributed by atoms with Gasteiger partial charge < -0.3 is 0 Å². The summed E-state index contributed by atoms with van der Waals surface area (Å²) in [7, 11) is 1.84. The highest BCUT2D eigenvalue weighted by Gasteiger charge is 2.05. The second kappa shape index (κ2) is 3.12. The van der Waals surface area contributed by atoms with Crippen LogP contribution in [-0.2, 0) is 7.05 Å². The molecule has 1 aromatic rings. The van der Waals surface area contributed by atoms with Gasteiger partial charge in [-0.1, -0.05) is 0 Å². The van der Waals surface area contributed by atoms with E-state index in [0.29, 0.717) is 5.56 Å². The Bertz CT molecular complexity index is 272. The minimum atomic E-state index is -0.277. The van der Waals surface area contributed by atoms with Gasteiger partial charge in [0.05, 0.1) is 0 Å². The molecule has 0 atom stereocenters. The first kappa shape index (κ1) is 7.68. The zero-order valence-corrected chi connectivity index (χ0v) is 6.24. The van der Waals surface area contributed by atoms with Crippen molar-refractivity contribution >= 4 is 5.91 Å². The van der Waals surface area contributed by atoms with E-state index in [0.717, 1.165) is 0 Å². The molecule has 58 valence electrons. The molecule has 11 heavy (non-hydrogen) atoms. The van der Waals surface area contributed by atoms with Gasteiger partial charge in [0.2, 0.25) is 0 Å². The molecule has 0 spiro atoms. The molecule has 0 saturated carbocycles. The molecule has 0 aromatic carbocycles. The summed E-state index contributed by atoms with van der Waals surface area (Å²) in [6.45, 7) is 0. The third-order valence-corrected chi connectivity index (χ3v) is 1.33. The highest BCUT2D eigenvalue weighted by atomic mass is 16.2. The van der Waals surface area contributed by atoms with Crippen LogP contribution in [0.4, 0.5) is 0 Å². The Morgan fingerprint density at radius 2 is 2.45 bits per heavy atom. The molecular weight excluding hydrogens is 142 g/mol. The largest absolute Gasteiger partial charge is 0.290 e. The van der Waals surface area contributed by atoms with Gasteiger partial charge in [0, 0.05) is 6.07 Å². The number of nitrogens with one attached hydrogen (secondary N) is 1. The smallest absolute Gasteiger partial charge is 0.271 e. The number of nitrogens with two attached hydrogens (primary N) is 1. The number of hydrogen-bond acceptors (Lipinski definition) is 2. The predicted octanol–water partition coefficient (Wildman–Crippen LogP) is -0.885. The number of carbonyl (C=O) groups excluding carboxylic acids is 1. The lowest BCUT2D eigenvalue weighted by Crippen LogP contribution is -2.34. The Kier molecular flexibility index (Phi) is 2.18. The van der Waals surface area contributed by atoms with Crippen LogP contribution in [0.5, 0.6) is 0 Å². The molecule has 0 aliphatic carbocycles. The zero-order chi connectivity index (χ0) is 8.27. The number of nitrogens with zero attached hydrogens (tertiary/aromatic N) is 1. The van der Waals surface area contributed by atoms with E-state index < -0.39 is 0 Å². The van der Waals surface area contributed by atoms with Gasteiger partial charge in [0.1, 0.15) is 12.6 Å². The summed E-state index contributed by atoms with van der Waals surface area (Å²) in [6, 6.07) is 3.48. The fourth-order valence-corrected chi connectivity index (χ4v) is 0.806. The quantitative estimate of drug-likeness (QED) is 0.237. The van der Waals surface area contributed by atoms with Gasteiger partial charge in [-0.05, 0) is 6.07 Å². The lowest BCUT2D eigenvalue weighted by molar-refractivity contribution is -0.671. The molecule has 3 N–H and O–H groups in total. The van der Waals surface area contributed by atoms with Gasteiger partial charge in [0.15, 0.2) is 12.4 Å². The summed E-state index contributed by atoms with van der Waals surface area (Å²) in [4.78, 5) is 10.9. The monoisotopic (exact) mass is 152 g/mol. The van der Waals surface area contributed by atoms with Crippen LogP contribution in [0.3, 0.4) is 0 Å². The van der Waals surface area contributed by atoms with Gasteiger partial charge in [0.25, 0.3) is 5.91 Å². The van der Waals surface area contributed by atoms with Crippen molar-refractivity contribution in [3.05, 3.63) is 30.1 Å². The average Bonchev–Trinajstić information content (AvgIpc) is 2.03. The van der Waals surface area contributed by atoms with Crippen LogP contribution in [0, 0.1) is 0 Å². The van der Waals surface area contributed by atoms with Crippen molar-refractivity contribution < 1.29 is 9.36 Å². The number of nitrogen functional groups attached to an aromatic ring is 1. The molecule has 0 radical (unpaired) electrons. The molecule has 0 fully saturated rings. The molecule has 0 aliphatic rings. The number of aryl methyl sites for hydroxylation is 1. The molecule has 1 rings (SSSR count). The summed E-state index contributed by atoms with van der Waals surface area (Å²) >= 11 is 0. The standard InChI is InChI=1S/C7H9N3O/c1-10-4-2-3-6(5-10)7(11)9-8/h2-5H,8H2,1H3/p+1. The highest BCUT2D eigenvalue weighted by Crippen LogP contribution is 1.91. The maximum Gasteiger partial charge on any atom is 0.271 e. The summed E-state index contributed by atoms with van der Waals surface area (Å²) in [5.41, 5.74) is 2.61. The fraction of sp³-hybridized carbons (Fsp3) is 0.143. The maximum atomic E-state index is 10.9. The van der Waals surface area contributed by atoms with E-state index in [-0.39, 0.29) is 5.91 Å². The van der Waals surface area contributed by atoms with E-state index in [1.807, 2.05) is 13.2 Å². The molecule has 1 aromatic heterocycles. The van der Waals surface area contributed by atoms with Gasteiger partial charge in [-0.25, -0.2) is 10.4 Å². The summed E-state index contributed by atoms with van der Waals surface area (Å²) in [5, 5.41) is 0. The molecule has 4 heteroatoms. The van der Waals surface area contributed by atoms with Crippen LogP contribution < -0.4 is 15.8 Å². The third kappa shape index (κ3) is 1.75. The lowest BCUT2D eigenvalue weighted by atomic mass is 10.3. The molecule has 4 nitrogen and oxygen atoms in total. The van der Waals surface area contributed by atoms with E-state index >= 15 is 0 Å². The predicted molar refractivity (Wildman–Crippen MR) is 39.3 cm³/mol. The van der Waals surface area contributed by atoms with Crippen LogP contribution >= 0.6 is 0 Å². The molecule has 0 bridgehead atoms. The van der Waals surface area contributed by atoms with E-state index in [9.17, 15) is 4.79 Å². The lowest BCUT2D eigenvalue weighted by Gasteiger charge is -1.95. The first-order chi connectivity index (χ1) is 5.24. The second-order valence-corrected chi connectivity index (χ2v) is 2.23. The van der Waals surface area contributed by atoms with Crippen molar-refractivity contribution in [3.8, 4) is 0 Å². The number of hydrogen-bond donors (Lipinski definition) is 2. The minimum absolute atomic E-state index is 0.277. The average molecular weight is 152 g/mol. The van der Waals surface area contributed by atoms with Crippen LogP contribution in [0.2, 0.25) is 0 Å². The zero-order valence-electron chi connectivity index (χ0n) is 6.24. The van der Waals surface area contributed by atoms with Crippen LogP contribution in [0.1, 0.15) is 10.4 Å². The molecule has 1 heterocycles. The Labute approximate surface area is 64.6 Å². The number of carbonyl (C=O) groups is 1. The Balaban J connectivity index is 2.96. The number of amides is 1. The number of aromatic nitrogens is 1. The Hall–Kier alpha value is -1.42. The first-order valence-electron chi connectivity index (χ1n) is 3.20. The number of rotatable bonds is 1. The Morgan fingerprint density at radius 3 is 3.00 bits per heavy atom. The third-order valence-electron chi connectivity index (χ3n) is 1.33. The fourth-order valence-electron chi connectivity index (χ4n) is 0.806. The van der Waals surface area contributed by atoms with Gasteiger partial charge in [-0.15, -0.1) is 0 Å². The van der Waals surface area contributed by atoms with Gasteiger partial charge in [-0.2, -0.15) is 0 Å². The van der Waals surface area contributed by atoms with Crippen molar-refractivity contribution in [2.75, 3.05) is 0 Å².